The minimum atomic E-state index is 0.210. The summed E-state index contributed by atoms with van der Waals surface area (Å²) in [5.74, 6) is 1.55. The molecule has 0 aliphatic rings. The largest absolute Gasteiger partial charge is 0.331 e. The molecule has 0 fully saturated rings. The second-order valence-electron chi connectivity index (χ2n) is 11.1. The molecule has 188 valence electrons. The Kier molecular flexibility index (Phi) is 17.0. The molecule has 0 saturated heterocycles. The molecule has 1 aromatic rings. The molecule has 0 aromatic carbocycles. The van der Waals surface area contributed by atoms with Crippen LogP contribution in [-0.4, -0.2) is 9.55 Å². The van der Waals surface area contributed by atoms with Gasteiger partial charge in [0.2, 0.25) is 0 Å². The van der Waals surface area contributed by atoms with E-state index in [2.05, 4.69) is 50.4 Å². The van der Waals surface area contributed by atoms with Crippen LogP contribution in [0.2, 0.25) is 0 Å². The Balaban J connectivity index is 2.15. The minimum absolute atomic E-state index is 0.210. The summed E-state index contributed by atoms with van der Waals surface area (Å²) < 4.78 is 2.39. The van der Waals surface area contributed by atoms with E-state index in [4.69, 9.17) is 0 Å². The van der Waals surface area contributed by atoms with Gasteiger partial charge >= 0.3 is 0 Å². The first-order valence-electron chi connectivity index (χ1n) is 14.5. The fourth-order valence-electron chi connectivity index (χ4n) is 5.31. The molecule has 2 heteroatoms. The zero-order valence-electron chi connectivity index (χ0n) is 22.7. The molecule has 0 spiro atoms. The van der Waals surface area contributed by atoms with Crippen LogP contribution in [-0.2, 0) is 5.54 Å². The second-order valence-corrected chi connectivity index (χ2v) is 11.1. The summed E-state index contributed by atoms with van der Waals surface area (Å²) in [4.78, 5) is 4.35. The highest BCUT2D eigenvalue weighted by Crippen LogP contribution is 2.37. The highest BCUT2D eigenvalue weighted by atomic mass is 15.1. The van der Waals surface area contributed by atoms with Crippen molar-refractivity contribution in [3.8, 4) is 0 Å². The first-order chi connectivity index (χ1) is 15.5. The Bertz CT molecular complexity index is 507. The van der Waals surface area contributed by atoms with Crippen molar-refractivity contribution < 1.29 is 0 Å². The first kappa shape index (κ1) is 29.2. The molecule has 0 N–H and O–H groups in total. The highest BCUT2D eigenvalue weighted by Gasteiger charge is 2.33. The number of nitrogens with zero attached hydrogens (tertiary/aromatic N) is 2. The summed E-state index contributed by atoms with van der Waals surface area (Å²) in [6.45, 7) is 11.9. The lowest BCUT2D eigenvalue weighted by Crippen LogP contribution is -2.37. The number of aromatic nitrogens is 2. The Morgan fingerprint density at radius 1 is 0.688 bits per heavy atom. The van der Waals surface area contributed by atoms with E-state index in [-0.39, 0.29) is 5.54 Å². The molecule has 2 nitrogen and oxygen atoms in total. The van der Waals surface area contributed by atoms with Gasteiger partial charge in [-0.15, -0.1) is 0 Å². The Morgan fingerprint density at radius 2 is 1.19 bits per heavy atom. The topological polar surface area (TPSA) is 17.8 Å². The predicted molar refractivity (Wildman–Crippen MR) is 143 cm³/mol. The molecule has 0 radical (unpaired) electrons. The lowest BCUT2D eigenvalue weighted by molar-refractivity contribution is 0.150. The Labute approximate surface area is 202 Å². The Hall–Kier alpha value is -0.790. The van der Waals surface area contributed by atoms with E-state index >= 15 is 0 Å². The summed E-state index contributed by atoms with van der Waals surface area (Å²) in [5.41, 5.74) is 0.210. The second kappa shape index (κ2) is 18.6. The number of imidazole rings is 1. The van der Waals surface area contributed by atoms with Gasteiger partial charge in [0.25, 0.3) is 0 Å². The van der Waals surface area contributed by atoms with Crippen LogP contribution in [0.5, 0.6) is 0 Å². The molecule has 0 saturated carbocycles. The molecule has 0 bridgehead atoms. The third-order valence-corrected chi connectivity index (χ3v) is 7.94. The van der Waals surface area contributed by atoms with Crippen LogP contribution in [0.15, 0.2) is 18.7 Å². The van der Waals surface area contributed by atoms with Crippen LogP contribution >= 0.6 is 0 Å². The van der Waals surface area contributed by atoms with Crippen molar-refractivity contribution >= 4 is 0 Å². The molecule has 1 rings (SSSR count). The molecule has 0 aliphatic carbocycles. The van der Waals surface area contributed by atoms with E-state index in [1.165, 1.54) is 122 Å². The van der Waals surface area contributed by atoms with E-state index < -0.39 is 0 Å². The number of rotatable bonds is 22. The maximum absolute atomic E-state index is 4.35. The van der Waals surface area contributed by atoms with Crippen LogP contribution in [0.4, 0.5) is 0 Å². The van der Waals surface area contributed by atoms with Crippen LogP contribution < -0.4 is 0 Å². The van der Waals surface area contributed by atoms with Gasteiger partial charge in [0.05, 0.1) is 6.33 Å². The van der Waals surface area contributed by atoms with E-state index in [1.54, 1.807) is 0 Å². The molecule has 0 aliphatic heterocycles. The van der Waals surface area contributed by atoms with E-state index in [0.29, 0.717) is 0 Å². The Morgan fingerprint density at radius 3 is 1.59 bits per heavy atom. The summed E-state index contributed by atoms with van der Waals surface area (Å²) in [6, 6.07) is 0. The molecule has 2 atom stereocenters. The van der Waals surface area contributed by atoms with Gasteiger partial charge in [-0.3, -0.25) is 0 Å². The summed E-state index contributed by atoms with van der Waals surface area (Å²) in [5, 5.41) is 0. The van der Waals surface area contributed by atoms with Crippen molar-refractivity contribution in [1.29, 1.82) is 0 Å². The molecule has 32 heavy (non-hydrogen) atoms. The SMILES string of the molecule is CCCCCCCCCCCCCCCCCC(CCC(C)C)C(C)(CC)n1ccnc1. The fraction of sp³-hybridized carbons (Fsp3) is 0.900. The van der Waals surface area contributed by atoms with Crippen molar-refractivity contribution in [3.63, 3.8) is 0 Å². The minimum Gasteiger partial charge on any atom is -0.331 e. The van der Waals surface area contributed by atoms with Gasteiger partial charge in [0.15, 0.2) is 0 Å². The number of hydrogen-bond acceptors (Lipinski definition) is 1. The van der Waals surface area contributed by atoms with E-state index in [0.717, 1.165) is 11.8 Å². The van der Waals surface area contributed by atoms with Gasteiger partial charge in [-0.25, -0.2) is 4.98 Å². The van der Waals surface area contributed by atoms with Crippen LogP contribution in [0.25, 0.3) is 0 Å². The normalized spacial score (nSPS) is 14.7. The number of unbranched alkanes of at least 4 members (excludes halogenated alkanes) is 14. The van der Waals surface area contributed by atoms with Crippen molar-refractivity contribution in [2.75, 3.05) is 0 Å². The lowest BCUT2D eigenvalue weighted by atomic mass is 9.76. The maximum atomic E-state index is 4.35. The number of hydrogen-bond donors (Lipinski definition) is 0. The van der Waals surface area contributed by atoms with Crippen molar-refractivity contribution in [3.05, 3.63) is 18.7 Å². The van der Waals surface area contributed by atoms with Gasteiger partial charge < -0.3 is 4.57 Å². The van der Waals surface area contributed by atoms with Gasteiger partial charge in [0, 0.05) is 17.9 Å². The summed E-state index contributed by atoms with van der Waals surface area (Å²) in [7, 11) is 0. The molecular formula is C30H58N2. The fourth-order valence-corrected chi connectivity index (χ4v) is 5.31. The average Bonchev–Trinajstić information content (AvgIpc) is 3.33. The molecular weight excluding hydrogens is 388 g/mol. The van der Waals surface area contributed by atoms with Gasteiger partial charge in [0.1, 0.15) is 0 Å². The molecule has 0 amide bonds. The third-order valence-electron chi connectivity index (χ3n) is 7.94. The summed E-state index contributed by atoms with van der Waals surface area (Å²) >= 11 is 0. The van der Waals surface area contributed by atoms with E-state index in [1.807, 2.05) is 12.5 Å². The third kappa shape index (κ3) is 12.4. The average molecular weight is 447 g/mol. The van der Waals surface area contributed by atoms with Crippen molar-refractivity contribution in [1.82, 2.24) is 9.55 Å². The maximum Gasteiger partial charge on any atom is 0.0951 e. The zero-order valence-corrected chi connectivity index (χ0v) is 22.7. The van der Waals surface area contributed by atoms with Gasteiger partial charge in [-0.05, 0) is 38.0 Å². The predicted octanol–water partition coefficient (Wildman–Crippen LogP) is 10.3. The van der Waals surface area contributed by atoms with Gasteiger partial charge in [-0.2, -0.15) is 0 Å². The van der Waals surface area contributed by atoms with Crippen molar-refractivity contribution in [2.45, 2.75) is 162 Å². The first-order valence-corrected chi connectivity index (χ1v) is 14.5. The summed E-state index contributed by atoms with van der Waals surface area (Å²) in [6.07, 6.45) is 33.1. The van der Waals surface area contributed by atoms with Crippen molar-refractivity contribution in [2.24, 2.45) is 11.8 Å². The van der Waals surface area contributed by atoms with Crippen LogP contribution in [0, 0.1) is 11.8 Å². The highest BCUT2D eigenvalue weighted by molar-refractivity contribution is 4.93. The molecule has 1 aromatic heterocycles. The monoisotopic (exact) mass is 446 g/mol. The van der Waals surface area contributed by atoms with Crippen LogP contribution in [0.1, 0.15) is 157 Å². The quantitative estimate of drug-likeness (QED) is 0.162. The smallest absolute Gasteiger partial charge is 0.0951 e. The van der Waals surface area contributed by atoms with Gasteiger partial charge in [-0.1, -0.05) is 130 Å². The zero-order chi connectivity index (χ0) is 23.5. The molecule has 1 heterocycles. The standard InChI is InChI=1S/C30H58N2/c1-6-8-9-10-11-12-13-14-15-16-17-18-19-20-21-22-29(24-23-28(3)4)30(5,7-2)32-26-25-31-27-32/h25-29H,6-24H2,1-5H3. The molecule has 2 unspecified atom stereocenters. The van der Waals surface area contributed by atoms with Crippen LogP contribution in [0.3, 0.4) is 0 Å². The lowest BCUT2D eigenvalue weighted by Gasteiger charge is -2.39. The van der Waals surface area contributed by atoms with E-state index in [9.17, 15) is 0 Å².